The molecule has 5 heteroatoms. The molecule has 2 aromatic carbocycles. The molecular formula is C18H17FN4. The van der Waals surface area contributed by atoms with E-state index in [-0.39, 0.29) is 5.82 Å². The Morgan fingerprint density at radius 2 is 1.65 bits per heavy atom. The first kappa shape index (κ1) is 15.0. The average Bonchev–Trinajstić information content (AvgIpc) is 2.56. The minimum atomic E-state index is -0.265. The van der Waals surface area contributed by atoms with E-state index in [9.17, 15) is 4.39 Å². The van der Waals surface area contributed by atoms with Crippen molar-refractivity contribution in [2.45, 2.75) is 6.92 Å². The molecule has 0 saturated heterocycles. The Morgan fingerprint density at radius 3 is 2.35 bits per heavy atom. The van der Waals surface area contributed by atoms with Crippen molar-refractivity contribution in [3.63, 3.8) is 0 Å². The molecule has 0 amide bonds. The van der Waals surface area contributed by atoms with E-state index in [0.29, 0.717) is 11.6 Å². The maximum Gasteiger partial charge on any atom is 0.138 e. The first-order valence-electron chi connectivity index (χ1n) is 7.29. The van der Waals surface area contributed by atoms with Crippen LogP contribution in [0, 0.1) is 12.7 Å². The van der Waals surface area contributed by atoms with Gasteiger partial charge in [0, 0.05) is 24.5 Å². The van der Waals surface area contributed by atoms with Crippen molar-refractivity contribution >= 4 is 23.0 Å². The fourth-order valence-electron chi connectivity index (χ4n) is 2.25. The van der Waals surface area contributed by atoms with Gasteiger partial charge in [0.15, 0.2) is 0 Å². The quantitative estimate of drug-likeness (QED) is 0.774. The fraction of sp³-hybridized carbons (Fsp3) is 0.111. The van der Waals surface area contributed by atoms with E-state index in [1.54, 1.807) is 12.1 Å². The molecule has 0 saturated carbocycles. The van der Waals surface area contributed by atoms with Gasteiger partial charge in [-0.3, -0.25) is 0 Å². The van der Waals surface area contributed by atoms with Gasteiger partial charge < -0.3 is 10.2 Å². The van der Waals surface area contributed by atoms with Crippen LogP contribution < -0.4 is 10.2 Å². The molecule has 0 aliphatic carbocycles. The van der Waals surface area contributed by atoms with Gasteiger partial charge in [-0.15, -0.1) is 0 Å². The van der Waals surface area contributed by atoms with Crippen LogP contribution in [0.3, 0.4) is 0 Å². The number of aromatic nitrogens is 2. The molecule has 0 aliphatic heterocycles. The number of hydrogen-bond donors (Lipinski definition) is 1. The summed E-state index contributed by atoms with van der Waals surface area (Å²) in [5.74, 6) is 1.85. The van der Waals surface area contributed by atoms with Gasteiger partial charge in [0.1, 0.15) is 23.3 Å². The lowest BCUT2D eigenvalue weighted by Crippen LogP contribution is -2.12. The SMILES string of the molecule is Cc1nc(Nc2ccc(F)cc2)cc(N(C)c2ccccc2)n1. The monoisotopic (exact) mass is 308 g/mol. The lowest BCUT2D eigenvalue weighted by atomic mass is 10.3. The van der Waals surface area contributed by atoms with Gasteiger partial charge in [-0.2, -0.15) is 0 Å². The van der Waals surface area contributed by atoms with Crippen LogP contribution in [-0.4, -0.2) is 17.0 Å². The molecule has 0 unspecified atom stereocenters. The van der Waals surface area contributed by atoms with Crippen LogP contribution in [0.4, 0.5) is 27.4 Å². The molecule has 0 atom stereocenters. The molecule has 0 fully saturated rings. The molecule has 4 nitrogen and oxygen atoms in total. The van der Waals surface area contributed by atoms with E-state index in [1.165, 1.54) is 12.1 Å². The summed E-state index contributed by atoms with van der Waals surface area (Å²) in [5.41, 5.74) is 1.82. The lowest BCUT2D eigenvalue weighted by molar-refractivity contribution is 0.628. The third-order valence-electron chi connectivity index (χ3n) is 3.43. The summed E-state index contributed by atoms with van der Waals surface area (Å²) in [6.45, 7) is 1.85. The smallest absolute Gasteiger partial charge is 0.138 e. The Kier molecular flexibility index (Phi) is 4.19. The summed E-state index contributed by atoms with van der Waals surface area (Å²) >= 11 is 0. The first-order chi connectivity index (χ1) is 11.1. The number of benzene rings is 2. The number of rotatable bonds is 4. The third-order valence-corrected chi connectivity index (χ3v) is 3.43. The summed E-state index contributed by atoms with van der Waals surface area (Å²) in [5, 5.41) is 3.17. The van der Waals surface area contributed by atoms with Crippen LogP contribution in [0.15, 0.2) is 60.7 Å². The van der Waals surface area contributed by atoms with Crippen LogP contribution >= 0.6 is 0 Å². The third kappa shape index (κ3) is 3.63. The minimum absolute atomic E-state index is 0.265. The van der Waals surface area contributed by atoms with Gasteiger partial charge in [-0.25, -0.2) is 14.4 Å². The van der Waals surface area contributed by atoms with Crippen molar-refractivity contribution in [3.8, 4) is 0 Å². The van der Waals surface area contributed by atoms with Crippen molar-refractivity contribution in [2.24, 2.45) is 0 Å². The molecule has 0 spiro atoms. The minimum Gasteiger partial charge on any atom is -0.340 e. The highest BCUT2D eigenvalue weighted by molar-refractivity contribution is 5.64. The molecule has 0 radical (unpaired) electrons. The largest absolute Gasteiger partial charge is 0.340 e. The Labute approximate surface area is 134 Å². The molecule has 0 aliphatic rings. The number of nitrogens with zero attached hydrogens (tertiary/aromatic N) is 3. The van der Waals surface area contributed by atoms with Crippen molar-refractivity contribution < 1.29 is 4.39 Å². The van der Waals surface area contributed by atoms with Gasteiger partial charge in [0.2, 0.25) is 0 Å². The predicted octanol–water partition coefficient (Wildman–Crippen LogP) is 4.44. The predicted molar refractivity (Wildman–Crippen MR) is 91.0 cm³/mol. The van der Waals surface area contributed by atoms with E-state index < -0.39 is 0 Å². The van der Waals surface area contributed by atoms with Crippen molar-refractivity contribution in [3.05, 3.63) is 72.3 Å². The zero-order valence-corrected chi connectivity index (χ0v) is 13.0. The van der Waals surface area contributed by atoms with Crippen molar-refractivity contribution in [2.75, 3.05) is 17.3 Å². The molecule has 0 bridgehead atoms. The van der Waals surface area contributed by atoms with E-state index in [1.807, 2.05) is 55.3 Å². The number of hydrogen-bond acceptors (Lipinski definition) is 4. The van der Waals surface area contributed by atoms with E-state index >= 15 is 0 Å². The highest BCUT2D eigenvalue weighted by Crippen LogP contribution is 2.24. The molecule has 1 N–H and O–H groups in total. The van der Waals surface area contributed by atoms with Crippen molar-refractivity contribution in [1.29, 1.82) is 0 Å². The highest BCUT2D eigenvalue weighted by atomic mass is 19.1. The first-order valence-corrected chi connectivity index (χ1v) is 7.29. The van der Waals surface area contributed by atoms with E-state index in [0.717, 1.165) is 17.2 Å². The Balaban J connectivity index is 1.88. The number of anilines is 4. The van der Waals surface area contributed by atoms with E-state index in [4.69, 9.17) is 0 Å². The molecule has 3 aromatic rings. The number of para-hydroxylation sites is 1. The average molecular weight is 308 g/mol. The van der Waals surface area contributed by atoms with Crippen LogP contribution in [0.1, 0.15) is 5.82 Å². The summed E-state index contributed by atoms with van der Waals surface area (Å²) in [7, 11) is 1.96. The van der Waals surface area contributed by atoms with Crippen LogP contribution in [0.2, 0.25) is 0 Å². The topological polar surface area (TPSA) is 41.1 Å². The Hall–Kier alpha value is -2.95. The summed E-state index contributed by atoms with van der Waals surface area (Å²) in [4.78, 5) is 10.9. The van der Waals surface area contributed by atoms with E-state index in [2.05, 4.69) is 15.3 Å². The van der Waals surface area contributed by atoms with Crippen molar-refractivity contribution in [1.82, 2.24) is 9.97 Å². The Morgan fingerprint density at radius 1 is 0.957 bits per heavy atom. The maximum absolute atomic E-state index is 13.0. The van der Waals surface area contributed by atoms with Gasteiger partial charge in [0.25, 0.3) is 0 Å². The van der Waals surface area contributed by atoms with Gasteiger partial charge in [-0.1, -0.05) is 18.2 Å². The molecule has 1 heterocycles. The van der Waals surface area contributed by atoms with Crippen LogP contribution in [0.5, 0.6) is 0 Å². The van der Waals surface area contributed by atoms with Gasteiger partial charge >= 0.3 is 0 Å². The maximum atomic E-state index is 13.0. The molecule has 3 rings (SSSR count). The second kappa shape index (κ2) is 6.44. The van der Waals surface area contributed by atoms with Crippen LogP contribution in [-0.2, 0) is 0 Å². The molecule has 116 valence electrons. The molecule has 1 aromatic heterocycles. The van der Waals surface area contributed by atoms with Gasteiger partial charge in [-0.05, 0) is 43.3 Å². The van der Waals surface area contributed by atoms with Gasteiger partial charge in [0.05, 0.1) is 0 Å². The molecular weight excluding hydrogens is 291 g/mol. The Bertz CT molecular complexity index is 788. The number of nitrogens with one attached hydrogen (secondary N) is 1. The van der Waals surface area contributed by atoms with Crippen LogP contribution in [0.25, 0.3) is 0 Å². The summed E-state index contributed by atoms with van der Waals surface area (Å²) in [6.07, 6.45) is 0. The molecule has 23 heavy (non-hydrogen) atoms. The zero-order chi connectivity index (χ0) is 16.2. The zero-order valence-electron chi connectivity index (χ0n) is 13.0. The normalized spacial score (nSPS) is 10.4. The summed E-state index contributed by atoms with van der Waals surface area (Å²) < 4.78 is 13.0. The second-order valence-corrected chi connectivity index (χ2v) is 5.19. The highest BCUT2D eigenvalue weighted by Gasteiger charge is 2.08. The second-order valence-electron chi connectivity index (χ2n) is 5.19. The number of aryl methyl sites for hydroxylation is 1. The fourth-order valence-corrected chi connectivity index (χ4v) is 2.25. The number of halogens is 1. The summed E-state index contributed by atoms with van der Waals surface area (Å²) in [6, 6.07) is 18.0. The lowest BCUT2D eigenvalue weighted by Gasteiger charge is -2.19. The standard InChI is InChI=1S/C18H17FN4/c1-13-20-17(22-15-10-8-14(19)9-11-15)12-18(21-13)23(2)16-6-4-3-5-7-16/h3-12H,1-2H3,(H,20,21,22).